The third-order valence-corrected chi connectivity index (χ3v) is 3.28. The number of hydrogen-bond acceptors (Lipinski definition) is 2. The minimum Gasteiger partial charge on any atom is -0.388 e. The molecular formula is C13H23NO. The molecule has 0 aliphatic heterocycles. The van der Waals surface area contributed by atoms with Crippen molar-refractivity contribution in [1.29, 1.82) is 0 Å². The zero-order chi connectivity index (χ0) is 11.5. The van der Waals surface area contributed by atoms with Crippen molar-refractivity contribution in [2.75, 3.05) is 19.6 Å². The Kier molecular flexibility index (Phi) is 4.12. The fourth-order valence-electron chi connectivity index (χ4n) is 1.99. The van der Waals surface area contributed by atoms with Crippen LogP contribution in [0.2, 0.25) is 0 Å². The number of aliphatic hydroxyl groups is 1. The predicted molar refractivity (Wildman–Crippen MR) is 64.8 cm³/mol. The van der Waals surface area contributed by atoms with Gasteiger partial charge in [-0.05, 0) is 20.0 Å². The lowest BCUT2D eigenvalue weighted by Crippen LogP contribution is -2.42. The van der Waals surface area contributed by atoms with Gasteiger partial charge in [0.25, 0.3) is 0 Å². The van der Waals surface area contributed by atoms with Crippen LogP contribution in [0.15, 0.2) is 23.8 Å². The Bertz CT molecular complexity index is 266. The van der Waals surface area contributed by atoms with Crippen molar-refractivity contribution in [3.05, 3.63) is 23.8 Å². The Morgan fingerprint density at radius 3 is 2.47 bits per heavy atom. The highest BCUT2D eigenvalue weighted by atomic mass is 16.3. The summed E-state index contributed by atoms with van der Waals surface area (Å²) in [4.78, 5) is 2.35. The third-order valence-electron chi connectivity index (χ3n) is 3.28. The molecule has 2 heteroatoms. The van der Waals surface area contributed by atoms with E-state index < -0.39 is 0 Å². The molecule has 0 radical (unpaired) electrons. The molecule has 1 rings (SSSR count). The quantitative estimate of drug-likeness (QED) is 0.767. The van der Waals surface area contributed by atoms with Gasteiger partial charge in [-0.1, -0.05) is 44.6 Å². The Hall–Kier alpha value is -0.600. The molecule has 0 spiro atoms. The van der Waals surface area contributed by atoms with Crippen LogP contribution < -0.4 is 0 Å². The summed E-state index contributed by atoms with van der Waals surface area (Å²) in [6.07, 6.45) is 5.84. The van der Waals surface area contributed by atoms with Gasteiger partial charge >= 0.3 is 0 Å². The van der Waals surface area contributed by atoms with Gasteiger partial charge in [0.2, 0.25) is 0 Å². The van der Waals surface area contributed by atoms with E-state index in [1.165, 1.54) is 0 Å². The van der Waals surface area contributed by atoms with Crippen LogP contribution in [0.4, 0.5) is 0 Å². The summed E-state index contributed by atoms with van der Waals surface area (Å²) in [6.45, 7) is 11.5. The van der Waals surface area contributed by atoms with Crippen molar-refractivity contribution >= 4 is 0 Å². The fourth-order valence-corrected chi connectivity index (χ4v) is 1.99. The summed E-state index contributed by atoms with van der Waals surface area (Å²) in [5.41, 5.74) is 1.02. The first-order chi connectivity index (χ1) is 7.01. The summed E-state index contributed by atoms with van der Waals surface area (Å²) < 4.78 is 0. The molecule has 1 aliphatic carbocycles. The van der Waals surface area contributed by atoms with E-state index >= 15 is 0 Å². The molecule has 1 N–H and O–H groups in total. The topological polar surface area (TPSA) is 23.5 Å². The second-order valence-corrected chi connectivity index (χ2v) is 4.66. The molecule has 0 bridgehead atoms. The van der Waals surface area contributed by atoms with E-state index in [1.807, 2.05) is 13.0 Å². The van der Waals surface area contributed by atoms with Crippen LogP contribution in [0.3, 0.4) is 0 Å². The van der Waals surface area contributed by atoms with Gasteiger partial charge in [0.15, 0.2) is 0 Å². The maximum Gasteiger partial charge on any atom is 0.0826 e. The lowest BCUT2D eigenvalue weighted by atomic mass is 9.79. The van der Waals surface area contributed by atoms with Gasteiger partial charge in [0, 0.05) is 12.0 Å². The highest BCUT2D eigenvalue weighted by Gasteiger charge is 2.32. The van der Waals surface area contributed by atoms with Crippen LogP contribution >= 0.6 is 0 Å². The average molecular weight is 209 g/mol. The monoisotopic (exact) mass is 209 g/mol. The van der Waals surface area contributed by atoms with E-state index in [0.29, 0.717) is 0 Å². The molecule has 0 saturated carbocycles. The Morgan fingerprint density at radius 1 is 1.40 bits per heavy atom. The zero-order valence-electron chi connectivity index (χ0n) is 10.3. The average Bonchev–Trinajstić information content (AvgIpc) is 2.21. The standard InChI is InChI=1S/C13H23NO/c1-5-14(6-2)10-13(4)8-7-11(3)9-12(13)15/h7-9,12,15H,5-6,10H2,1-4H3. The normalized spacial score (nSPS) is 30.8. The summed E-state index contributed by atoms with van der Waals surface area (Å²) in [5, 5.41) is 10.1. The first kappa shape index (κ1) is 12.5. The summed E-state index contributed by atoms with van der Waals surface area (Å²) in [5.74, 6) is 0. The number of allylic oxidation sites excluding steroid dienone is 2. The van der Waals surface area contributed by atoms with E-state index in [4.69, 9.17) is 0 Å². The highest BCUT2D eigenvalue weighted by Crippen LogP contribution is 2.30. The maximum absolute atomic E-state index is 10.1. The molecule has 1 aliphatic rings. The van der Waals surface area contributed by atoms with Gasteiger partial charge in [0.05, 0.1) is 6.10 Å². The molecule has 2 atom stereocenters. The minimum atomic E-state index is -0.358. The predicted octanol–water partition coefficient (Wildman–Crippen LogP) is 2.21. The molecule has 0 aromatic heterocycles. The van der Waals surface area contributed by atoms with Crippen LogP contribution in [0.1, 0.15) is 27.7 Å². The molecule has 0 saturated heterocycles. The van der Waals surface area contributed by atoms with Crippen LogP contribution in [-0.2, 0) is 0 Å². The van der Waals surface area contributed by atoms with Crippen LogP contribution in [0.25, 0.3) is 0 Å². The second-order valence-electron chi connectivity index (χ2n) is 4.66. The molecule has 0 aromatic carbocycles. The summed E-state index contributed by atoms with van der Waals surface area (Å²) >= 11 is 0. The molecule has 2 nitrogen and oxygen atoms in total. The molecule has 0 aromatic rings. The Balaban J connectivity index is 2.72. The van der Waals surface area contributed by atoms with E-state index in [9.17, 15) is 5.11 Å². The summed E-state index contributed by atoms with van der Waals surface area (Å²) in [6, 6.07) is 0. The second kappa shape index (κ2) is 4.95. The first-order valence-electron chi connectivity index (χ1n) is 5.80. The molecule has 0 heterocycles. The Labute approximate surface area is 93.3 Å². The molecule has 0 fully saturated rings. The maximum atomic E-state index is 10.1. The minimum absolute atomic E-state index is 0.133. The van der Waals surface area contributed by atoms with Gasteiger partial charge < -0.3 is 10.0 Å². The molecule has 15 heavy (non-hydrogen) atoms. The van der Waals surface area contributed by atoms with Gasteiger partial charge in [-0.25, -0.2) is 0 Å². The van der Waals surface area contributed by atoms with Crippen molar-refractivity contribution in [1.82, 2.24) is 4.90 Å². The van der Waals surface area contributed by atoms with E-state index in [2.05, 4.69) is 37.8 Å². The van der Waals surface area contributed by atoms with E-state index in [-0.39, 0.29) is 11.5 Å². The number of nitrogens with zero attached hydrogens (tertiary/aromatic N) is 1. The smallest absolute Gasteiger partial charge is 0.0826 e. The van der Waals surface area contributed by atoms with E-state index in [1.54, 1.807) is 0 Å². The Morgan fingerprint density at radius 2 is 2.00 bits per heavy atom. The van der Waals surface area contributed by atoms with Crippen LogP contribution in [0, 0.1) is 5.41 Å². The summed E-state index contributed by atoms with van der Waals surface area (Å²) in [7, 11) is 0. The van der Waals surface area contributed by atoms with E-state index in [0.717, 1.165) is 25.2 Å². The van der Waals surface area contributed by atoms with Gasteiger partial charge in [-0.15, -0.1) is 0 Å². The van der Waals surface area contributed by atoms with Crippen molar-refractivity contribution in [3.8, 4) is 0 Å². The molecule has 0 amide bonds. The fraction of sp³-hybridized carbons (Fsp3) is 0.692. The number of hydrogen-bond donors (Lipinski definition) is 1. The van der Waals surface area contributed by atoms with Crippen LogP contribution in [-0.4, -0.2) is 35.7 Å². The van der Waals surface area contributed by atoms with Crippen LogP contribution in [0.5, 0.6) is 0 Å². The number of rotatable bonds is 4. The van der Waals surface area contributed by atoms with Crippen molar-refractivity contribution < 1.29 is 5.11 Å². The van der Waals surface area contributed by atoms with Crippen molar-refractivity contribution in [2.45, 2.75) is 33.8 Å². The lowest BCUT2D eigenvalue weighted by molar-refractivity contribution is 0.0753. The van der Waals surface area contributed by atoms with Gasteiger partial charge in [-0.3, -0.25) is 0 Å². The van der Waals surface area contributed by atoms with Crippen molar-refractivity contribution in [2.24, 2.45) is 5.41 Å². The van der Waals surface area contributed by atoms with Crippen molar-refractivity contribution in [3.63, 3.8) is 0 Å². The molecule has 2 unspecified atom stereocenters. The SMILES string of the molecule is CCN(CC)CC1(C)C=CC(C)=CC1O. The molecule has 86 valence electrons. The highest BCUT2D eigenvalue weighted by molar-refractivity contribution is 5.28. The first-order valence-corrected chi connectivity index (χ1v) is 5.80. The van der Waals surface area contributed by atoms with Gasteiger partial charge in [0.1, 0.15) is 0 Å². The molecular weight excluding hydrogens is 186 g/mol. The largest absolute Gasteiger partial charge is 0.388 e. The lowest BCUT2D eigenvalue weighted by Gasteiger charge is -2.37. The third kappa shape index (κ3) is 2.93. The van der Waals surface area contributed by atoms with Gasteiger partial charge in [-0.2, -0.15) is 0 Å². The number of aliphatic hydroxyl groups excluding tert-OH is 1. The zero-order valence-corrected chi connectivity index (χ0v) is 10.3.